The quantitative estimate of drug-likeness (QED) is 0.580. The number of nitrogens with one attached hydrogen (secondary N) is 2. The molecule has 1 aromatic heterocycles. The fourth-order valence-corrected chi connectivity index (χ4v) is 2.81. The number of rotatable bonds is 2. The Labute approximate surface area is 103 Å². The van der Waals surface area contributed by atoms with Gasteiger partial charge in [-0.05, 0) is 22.8 Å². The number of aromatic amines is 1. The van der Waals surface area contributed by atoms with E-state index in [0.717, 1.165) is 26.2 Å². The highest BCUT2D eigenvalue weighted by molar-refractivity contribution is 5.93. The third-order valence-corrected chi connectivity index (χ3v) is 3.77. The number of aromatic nitrogens is 1. The molecule has 0 bridgehead atoms. The molecular weight excluding hydrogens is 236 g/mol. The minimum absolute atomic E-state index is 0.139. The van der Waals surface area contributed by atoms with Gasteiger partial charge in [-0.15, -0.1) is 0 Å². The van der Waals surface area contributed by atoms with Crippen molar-refractivity contribution in [3.63, 3.8) is 0 Å². The van der Waals surface area contributed by atoms with Crippen LogP contribution in [0.25, 0.3) is 0 Å². The number of carbonyl (C=O) groups excluding carboxylic acids is 1. The standard InChI is InChI=1S/C11H14N4O3/c16-11(9-1-2-10(13-9)15(17)18)14-5-7-3-12-4-8(7)6-14/h1-2,7-8,12-13H,3-6H2. The highest BCUT2D eigenvalue weighted by atomic mass is 16.6. The molecular formula is C11H14N4O3. The second-order valence-electron chi connectivity index (χ2n) is 4.90. The molecule has 2 N–H and O–H groups in total. The van der Waals surface area contributed by atoms with Gasteiger partial charge in [-0.1, -0.05) is 0 Å². The van der Waals surface area contributed by atoms with E-state index >= 15 is 0 Å². The maximum Gasteiger partial charge on any atom is 0.321 e. The molecule has 0 radical (unpaired) electrons. The van der Waals surface area contributed by atoms with Crippen LogP contribution >= 0.6 is 0 Å². The Morgan fingerprint density at radius 1 is 1.33 bits per heavy atom. The van der Waals surface area contributed by atoms with Crippen molar-refractivity contribution in [2.45, 2.75) is 0 Å². The van der Waals surface area contributed by atoms with Crippen LogP contribution in [0.15, 0.2) is 12.1 Å². The van der Waals surface area contributed by atoms with Gasteiger partial charge < -0.3 is 20.3 Å². The van der Waals surface area contributed by atoms with Gasteiger partial charge in [0.1, 0.15) is 0 Å². The fourth-order valence-electron chi connectivity index (χ4n) is 2.81. The van der Waals surface area contributed by atoms with E-state index in [1.807, 2.05) is 0 Å². The summed E-state index contributed by atoms with van der Waals surface area (Å²) in [4.78, 5) is 26.5. The van der Waals surface area contributed by atoms with Gasteiger partial charge in [-0.3, -0.25) is 4.79 Å². The molecule has 3 heterocycles. The smallest absolute Gasteiger partial charge is 0.321 e. The lowest BCUT2D eigenvalue weighted by Gasteiger charge is -2.15. The summed E-state index contributed by atoms with van der Waals surface area (Å²) >= 11 is 0. The first-order valence-electron chi connectivity index (χ1n) is 5.98. The fraction of sp³-hybridized carbons (Fsp3) is 0.545. The van der Waals surface area contributed by atoms with Gasteiger partial charge in [0.2, 0.25) is 0 Å². The molecule has 2 fully saturated rings. The van der Waals surface area contributed by atoms with Crippen LogP contribution in [0.4, 0.5) is 5.82 Å². The third-order valence-electron chi connectivity index (χ3n) is 3.77. The summed E-state index contributed by atoms with van der Waals surface area (Å²) < 4.78 is 0. The Morgan fingerprint density at radius 3 is 2.56 bits per heavy atom. The molecule has 0 saturated carbocycles. The molecule has 2 aliphatic rings. The van der Waals surface area contributed by atoms with E-state index in [1.165, 1.54) is 12.1 Å². The average molecular weight is 250 g/mol. The second-order valence-corrected chi connectivity index (χ2v) is 4.90. The van der Waals surface area contributed by atoms with Crippen molar-refractivity contribution in [2.75, 3.05) is 26.2 Å². The lowest BCUT2D eigenvalue weighted by Crippen LogP contribution is -2.32. The molecule has 0 spiro atoms. The van der Waals surface area contributed by atoms with Crippen molar-refractivity contribution in [3.8, 4) is 0 Å². The van der Waals surface area contributed by atoms with Gasteiger partial charge in [0.05, 0.1) is 0 Å². The Balaban J connectivity index is 1.72. The molecule has 96 valence electrons. The molecule has 2 aliphatic heterocycles. The Kier molecular flexibility index (Phi) is 2.55. The minimum Gasteiger partial charge on any atom is -0.358 e. The molecule has 0 aliphatic carbocycles. The van der Waals surface area contributed by atoms with Gasteiger partial charge in [-0.25, -0.2) is 4.98 Å². The average Bonchev–Trinajstić information content (AvgIpc) is 3.02. The van der Waals surface area contributed by atoms with Gasteiger partial charge >= 0.3 is 5.82 Å². The molecule has 2 atom stereocenters. The predicted molar refractivity (Wildman–Crippen MR) is 63.2 cm³/mol. The van der Waals surface area contributed by atoms with Crippen molar-refractivity contribution in [1.82, 2.24) is 15.2 Å². The van der Waals surface area contributed by atoms with Gasteiger partial charge in [0.25, 0.3) is 5.91 Å². The van der Waals surface area contributed by atoms with E-state index in [4.69, 9.17) is 0 Å². The van der Waals surface area contributed by atoms with Crippen molar-refractivity contribution < 1.29 is 9.72 Å². The molecule has 18 heavy (non-hydrogen) atoms. The van der Waals surface area contributed by atoms with Crippen LogP contribution in [0.2, 0.25) is 0 Å². The molecule has 7 heteroatoms. The first kappa shape index (κ1) is 11.2. The SMILES string of the molecule is O=C(c1ccc([N+](=O)[O-])[nH]1)N1CC2CNCC2C1. The molecule has 0 aromatic carbocycles. The summed E-state index contributed by atoms with van der Waals surface area (Å²) in [6.45, 7) is 3.39. The number of nitro groups is 1. The van der Waals surface area contributed by atoms with Crippen LogP contribution in [-0.2, 0) is 0 Å². The van der Waals surface area contributed by atoms with Crippen LogP contribution in [0.1, 0.15) is 10.5 Å². The zero-order valence-corrected chi connectivity index (χ0v) is 9.76. The Morgan fingerprint density at radius 2 is 2.00 bits per heavy atom. The number of likely N-dealkylation sites (tertiary alicyclic amines) is 1. The number of hydrogen-bond donors (Lipinski definition) is 2. The van der Waals surface area contributed by atoms with Crippen LogP contribution in [0.5, 0.6) is 0 Å². The predicted octanol–water partition coefficient (Wildman–Crippen LogP) is 0.214. The maximum atomic E-state index is 12.2. The van der Waals surface area contributed by atoms with Crippen molar-refractivity contribution >= 4 is 11.7 Å². The summed E-state index contributed by atoms with van der Waals surface area (Å²) in [5.41, 5.74) is 0.301. The molecule has 3 rings (SSSR count). The van der Waals surface area contributed by atoms with E-state index < -0.39 is 4.92 Å². The lowest BCUT2D eigenvalue weighted by molar-refractivity contribution is -0.389. The van der Waals surface area contributed by atoms with Gasteiger partial charge in [0.15, 0.2) is 5.69 Å². The van der Waals surface area contributed by atoms with E-state index in [-0.39, 0.29) is 11.7 Å². The highest BCUT2D eigenvalue weighted by Gasteiger charge is 2.39. The van der Waals surface area contributed by atoms with E-state index in [2.05, 4.69) is 10.3 Å². The third kappa shape index (κ3) is 1.76. The van der Waals surface area contributed by atoms with Gasteiger partial charge in [-0.2, -0.15) is 0 Å². The van der Waals surface area contributed by atoms with Crippen molar-refractivity contribution in [1.29, 1.82) is 0 Å². The number of hydrogen-bond acceptors (Lipinski definition) is 4. The summed E-state index contributed by atoms with van der Waals surface area (Å²) in [6.07, 6.45) is 0. The van der Waals surface area contributed by atoms with Crippen LogP contribution in [0, 0.1) is 22.0 Å². The summed E-state index contributed by atoms with van der Waals surface area (Å²) in [7, 11) is 0. The van der Waals surface area contributed by atoms with E-state index in [9.17, 15) is 14.9 Å². The molecule has 2 saturated heterocycles. The first-order chi connectivity index (χ1) is 8.65. The normalized spacial score (nSPS) is 26.3. The minimum atomic E-state index is -0.528. The summed E-state index contributed by atoms with van der Waals surface area (Å²) in [5, 5.41) is 13.9. The van der Waals surface area contributed by atoms with Crippen LogP contribution < -0.4 is 5.32 Å². The molecule has 1 aromatic rings. The number of carbonyl (C=O) groups is 1. The Bertz CT molecular complexity index is 486. The zero-order chi connectivity index (χ0) is 12.7. The maximum absolute atomic E-state index is 12.2. The topological polar surface area (TPSA) is 91.3 Å². The lowest BCUT2D eigenvalue weighted by atomic mass is 10.0. The molecule has 1 amide bonds. The van der Waals surface area contributed by atoms with E-state index in [1.54, 1.807) is 4.90 Å². The van der Waals surface area contributed by atoms with Gasteiger partial charge in [0, 0.05) is 32.2 Å². The van der Waals surface area contributed by atoms with Crippen molar-refractivity contribution in [2.24, 2.45) is 11.8 Å². The number of nitrogens with zero attached hydrogens (tertiary/aromatic N) is 2. The number of H-pyrrole nitrogens is 1. The monoisotopic (exact) mass is 250 g/mol. The van der Waals surface area contributed by atoms with E-state index in [0.29, 0.717) is 17.5 Å². The molecule has 7 nitrogen and oxygen atoms in total. The molecule has 2 unspecified atom stereocenters. The van der Waals surface area contributed by atoms with Crippen LogP contribution in [-0.4, -0.2) is 46.9 Å². The number of amides is 1. The summed E-state index contributed by atoms with van der Waals surface area (Å²) in [5.74, 6) is 0.773. The second kappa shape index (κ2) is 4.09. The zero-order valence-electron chi connectivity index (χ0n) is 9.76. The first-order valence-corrected chi connectivity index (χ1v) is 5.98. The summed E-state index contributed by atoms with van der Waals surface area (Å²) in [6, 6.07) is 2.80. The van der Waals surface area contributed by atoms with Crippen molar-refractivity contribution in [3.05, 3.63) is 27.9 Å². The van der Waals surface area contributed by atoms with Crippen LogP contribution in [0.3, 0.4) is 0 Å². The Hall–Kier alpha value is -1.89. The number of fused-ring (bicyclic) bond motifs is 1. The highest BCUT2D eigenvalue weighted by Crippen LogP contribution is 2.27. The largest absolute Gasteiger partial charge is 0.358 e.